The molecule has 130 valence electrons. The molecule has 0 fully saturated rings. The number of para-hydroxylation sites is 1. The first kappa shape index (κ1) is 16.8. The molecular formula is C18H20N4O3. The molecule has 0 aliphatic carbocycles. The summed E-state index contributed by atoms with van der Waals surface area (Å²) in [6.45, 7) is 3.56. The number of carbonyl (C=O) groups excluding carboxylic acids is 1. The highest BCUT2D eigenvalue weighted by Crippen LogP contribution is 2.25. The van der Waals surface area contributed by atoms with E-state index in [1.165, 1.54) is 11.8 Å². The number of methoxy groups -OCH3 is 1. The van der Waals surface area contributed by atoms with Gasteiger partial charge in [0, 0.05) is 18.8 Å². The fraction of sp³-hybridized carbons (Fsp3) is 0.278. The minimum absolute atomic E-state index is 0.340. The van der Waals surface area contributed by atoms with E-state index in [9.17, 15) is 4.79 Å². The first-order valence-corrected chi connectivity index (χ1v) is 7.89. The SMILES string of the molecule is COc1c(C(=O)O[C@H](C)c2cnn(-c3ccccc3)c2)c(C)nn1C. The molecule has 7 heteroatoms. The van der Waals surface area contributed by atoms with Crippen LogP contribution in [0, 0.1) is 6.92 Å². The molecule has 0 aliphatic heterocycles. The average Bonchev–Trinajstić information content (AvgIpc) is 3.19. The van der Waals surface area contributed by atoms with Crippen LogP contribution < -0.4 is 4.74 Å². The minimum Gasteiger partial charge on any atom is -0.481 e. The zero-order valence-corrected chi connectivity index (χ0v) is 14.6. The van der Waals surface area contributed by atoms with Crippen molar-refractivity contribution < 1.29 is 14.3 Å². The summed E-state index contributed by atoms with van der Waals surface area (Å²) < 4.78 is 14.1. The van der Waals surface area contributed by atoms with Crippen molar-refractivity contribution in [1.29, 1.82) is 0 Å². The highest BCUT2D eigenvalue weighted by atomic mass is 16.5. The lowest BCUT2D eigenvalue weighted by Gasteiger charge is -2.12. The highest BCUT2D eigenvalue weighted by Gasteiger charge is 2.25. The van der Waals surface area contributed by atoms with Crippen LogP contribution in [0.3, 0.4) is 0 Å². The summed E-state index contributed by atoms with van der Waals surface area (Å²) in [5.74, 6) is -0.0860. The van der Waals surface area contributed by atoms with Gasteiger partial charge in [-0.25, -0.2) is 14.2 Å². The second-order valence-electron chi connectivity index (χ2n) is 5.69. The number of hydrogen-bond donors (Lipinski definition) is 0. The molecule has 0 saturated heterocycles. The van der Waals surface area contributed by atoms with Crippen LogP contribution in [0.25, 0.3) is 5.69 Å². The number of esters is 1. The molecule has 0 radical (unpaired) electrons. The highest BCUT2D eigenvalue weighted by molar-refractivity contribution is 5.93. The third-order valence-corrected chi connectivity index (χ3v) is 3.94. The van der Waals surface area contributed by atoms with E-state index >= 15 is 0 Å². The van der Waals surface area contributed by atoms with Gasteiger partial charge in [-0.2, -0.15) is 10.2 Å². The first-order chi connectivity index (χ1) is 12.0. The Morgan fingerprint density at radius 1 is 1.24 bits per heavy atom. The molecular weight excluding hydrogens is 320 g/mol. The fourth-order valence-corrected chi connectivity index (χ4v) is 2.66. The Morgan fingerprint density at radius 2 is 1.96 bits per heavy atom. The predicted molar refractivity (Wildman–Crippen MR) is 91.9 cm³/mol. The van der Waals surface area contributed by atoms with Crippen LogP contribution in [0.2, 0.25) is 0 Å². The molecule has 0 N–H and O–H groups in total. The van der Waals surface area contributed by atoms with Crippen LogP contribution in [0.15, 0.2) is 42.7 Å². The summed E-state index contributed by atoms with van der Waals surface area (Å²) in [5, 5.41) is 8.53. The first-order valence-electron chi connectivity index (χ1n) is 7.89. The topological polar surface area (TPSA) is 71.2 Å². The van der Waals surface area contributed by atoms with E-state index in [0.717, 1.165) is 11.3 Å². The van der Waals surface area contributed by atoms with Gasteiger partial charge in [0.05, 0.1) is 24.7 Å². The normalized spacial score (nSPS) is 12.0. The Bertz CT molecular complexity index is 883. The number of aromatic nitrogens is 4. The summed E-state index contributed by atoms with van der Waals surface area (Å²) in [5.41, 5.74) is 2.65. The molecule has 0 spiro atoms. The van der Waals surface area contributed by atoms with Crippen molar-refractivity contribution in [2.45, 2.75) is 20.0 Å². The molecule has 25 heavy (non-hydrogen) atoms. The molecule has 0 aliphatic rings. The van der Waals surface area contributed by atoms with Crippen molar-refractivity contribution in [1.82, 2.24) is 19.6 Å². The maximum Gasteiger partial charge on any atom is 0.346 e. The van der Waals surface area contributed by atoms with Gasteiger partial charge in [0.25, 0.3) is 0 Å². The Kier molecular flexibility index (Phi) is 4.56. The monoisotopic (exact) mass is 340 g/mol. The largest absolute Gasteiger partial charge is 0.481 e. The Hall–Kier alpha value is -3.09. The van der Waals surface area contributed by atoms with Gasteiger partial charge in [0.15, 0.2) is 0 Å². The molecule has 3 aromatic rings. The van der Waals surface area contributed by atoms with Crippen LogP contribution in [-0.2, 0) is 11.8 Å². The molecule has 0 bridgehead atoms. The van der Waals surface area contributed by atoms with Crippen LogP contribution >= 0.6 is 0 Å². The fourth-order valence-electron chi connectivity index (χ4n) is 2.66. The summed E-state index contributed by atoms with van der Waals surface area (Å²) >= 11 is 0. The lowest BCUT2D eigenvalue weighted by Crippen LogP contribution is -2.11. The van der Waals surface area contributed by atoms with Gasteiger partial charge in [-0.1, -0.05) is 18.2 Å². The van der Waals surface area contributed by atoms with Crippen LogP contribution in [-0.4, -0.2) is 32.6 Å². The summed E-state index contributed by atoms with van der Waals surface area (Å²) in [6, 6.07) is 9.74. The molecule has 2 aromatic heterocycles. The number of rotatable bonds is 5. The summed E-state index contributed by atoms with van der Waals surface area (Å²) in [6.07, 6.45) is 3.09. The number of aryl methyl sites for hydroxylation is 2. The number of nitrogens with zero attached hydrogens (tertiary/aromatic N) is 4. The maximum absolute atomic E-state index is 12.5. The molecule has 2 heterocycles. The van der Waals surface area contributed by atoms with Crippen LogP contribution in [0.5, 0.6) is 5.88 Å². The third-order valence-electron chi connectivity index (χ3n) is 3.94. The van der Waals surface area contributed by atoms with E-state index in [0.29, 0.717) is 17.1 Å². The smallest absolute Gasteiger partial charge is 0.346 e. The van der Waals surface area contributed by atoms with E-state index < -0.39 is 12.1 Å². The molecule has 7 nitrogen and oxygen atoms in total. The molecule has 1 aromatic carbocycles. The van der Waals surface area contributed by atoms with E-state index in [-0.39, 0.29) is 0 Å². The van der Waals surface area contributed by atoms with Crippen LogP contribution in [0.1, 0.15) is 34.6 Å². The van der Waals surface area contributed by atoms with Gasteiger partial charge in [-0.15, -0.1) is 0 Å². The number of hydrogen-bond acceptors (Lipinski definition) is 5. The number of ether oxygens (including phenoxy) is 2. The number of carbonyl (C=O) groups is 1. The van der Waals surface area contributed by atoms with Crippen molar-refractivity contribution in [2.75, 3.05) is 7.11 Å². The van der Waals surface area contributed by atoms with E-state index in [4.69, 9.17) is 9.47 Å². The molecule has 0 unspecified atom stereocenters. The van der Waals surface area contributed by atoms with E-state index in [2.05, 4.69) is 10.2 Å². The van der Waals surface area contributed by atoms with Gasteiger partial charge in [0.2, 0.25) is 5.88 Å². The summed E-state index contributed by atoms with van der Waals surface area (Å²) in [7, 11) is 3.22. The van der Waals surface area contributed by atoms with Crippen LogP contribution in [0.4, 0.5) is 0 Å². The predicted octanol–water partition coefficient (Wildman–Crippen LogP) is 2.84. The van der Waals surface area contributed by atoms with Crippen molar-refractivity contribution >= 4 is 5.97 Å². The van der Waals surface area contributed by atoms with Gasteiger partial charge in [-0.05, 0) is 26.0 Å². The Morgan fingerprint density at radius 3 is 2.64 bits per heavy atom. The van der Waals surface area contributed by atoms with Crippen molar-refractivity contribution in [2.24, 2.45) is 7.05 Å². The lowest BCUT2D eigenvalue weighted by molar-refractivity contribution is 0.0333. The zero-order chi connectivity index (χ0) is 18.0. The van der Waals surface area contributed by atoms with E-state index in [1.54, 1.807) is 24.9 Å². The van der Waals surface area contributed by atoms with Gasteiger partial charge >= 0.3 is 5.97 Å². The Balaban J connectivity index is 1.78. The second-order valence-corrected chi connectivity index (χ2v) is 5.69. The van der Waals surface area contributed by atoms with Crippen molar-refractivity contribution in [3.05, 3.63) is 59.5 Å². The second kappa shape index (κ2) is 6.80. The molecule has 3 rings (SSSR count). The van der Waals surface area contributed by atoms with Gasteiger partial charge in [-0.3, -0.25) is 0 Å². The third kappa shape index (κ3) is 3.26. The maximum atomic E-state index is 12.5. The molecule has 0 amide bonds. The minimum atomic E-state index is -0.470. The zero-order valence-electron chi connectivity index (χ0n) is 14.6. The van der Waals surface area contributed by atoms with Crippen molar-refractivity contribution in [3.8, 4) is 11.6 Å². The quantitative estimate of drug-likeness (QED) is 0.668. The van der Waals surface area contributed by atoms with E-state index in [1.807, 2.05) is 43.5 Å². The molecule has 1 atom stereocenters. The van der Waals surface area contributed by atoms with Crippen molar-refractivity contribution in [3.63, 3.8) is 0 Å². The number of benzene rings is 1. The summed E-state index contributed by atoms with van der Waals surface area (Å²) in [4.78, 5) is 12.5. The lowest BCUT2D eigenvalue weighted by atomic mass is 10.2. The molecule has 0 saturated carbocycles. The average molecular weight is 340 g/mol. The standard InChI is InChI=1S/C18H20N4O3/c1-12-16(17(24-4)21(3)20-12)18(23)25-13(2)14-10-19-22(11-14)15-8-6-5-7-9-15/h5-11,13H,1-4H3/t13-/m1/s1. The van der Waals surface area contributed by atoms with Gasteiger partial charge < -0.3 is 9.47 Å². The van der Waals surface area contributed by atoms with Gasteiger partial charge in [0.1, 0.15) is 11.7 Å². The Labute approximate surface area is 145 Å².